The van der Waals surface area contributed by atoms with E-state index in [9.17, 15) is 14.4 Å². The molecule has 1 N–H and O–H groups in total. The number of pyridine rings is 1. The lowest BCUT2D eigenvalue weighted by molar-refractivity contribution is -0.135. The molecule has 0 atom stereocenters. The van der Waals surface area contributed by atoms with Crippen molar-refractivity contribution in [3.63, 3.8) is 0 Å². The molecule has 2 heterocycles. The van der Waals surface area contributed by atoms with E-state index in [1.807, 2.05) is 0 Å². The first-order chi connectivity index (χ1) is 8.08. The van der Waals surface area contributed by atoms with Crippen LogP contribution in [0, 0.1) is 0 Å². The van der Waals surface area contributed by atoms with Gasteiger partial charge in [-0.2, -0.15) is 0 Å². The van der Waals surface area contributed by atoms with Gasteiger partial charge in [-0.25, -0.2) is 4.98 Å². The molecule has 0 saturated carbocycles. The zero-order chi connectivity index (χ0) is 12.4. The summed E-state index contributed by atoms with van der Waals surface area (Å²) >= 11 is 3.20. The van der Waals surface area contributed by atoms with Crippen LogP contribution in [-0.4, -0.2) is 40.7 Å². The highest BCUT2D eigenvalue weighted by Crippen LogP contribution is 2.15. The Hall–Kier alpha value is -1.76. The molecular weight excluding hydrogens is 290 g/mol. The summed E-state index contributed by atoms with van der Waals surface area (Å²) < 4.78 is 0.531. The second-order valence-corrected chi connectivity index (χ2v) is 4.32. The van der Waals surface area contributed by atoms with Crippen LogP contribution >= 0.6 is 15.9 Å². The predicted molar refractivity (Wildman–Crippen MR) is 61.0 cm³/mol. The van der Waals surface area contributed by atoms with Gasteiger partial charge in [-0.3, -0.25) is 19.7 Å². The van der Waals surface area contributed by atoms with Crippen LogP contribution in [0.3, 0.4) is 0 Å². The topological polar surface area (TPSA) is 79.4 Å². The molecule has 6 nitrogen and oxygen atoms in total. The van der Waals surface area contributed by atoms with Gasteiger partial charge in [-0.05, 0) is 28.1 Å². The van der Waals surface area contributed by atoms with E-state index in [-0.39, 0.29) is 18.8 Å². The summed E-state index contributed by atoms with van der Waals surface area (Å²) in [4.78, 5) is 39.4. The molecule has 88 valence electrons. The molecule has 0 bridgehead atoms. The van der Waals surface area contributed by atoms with E-state index in [1.165, 1.54) is 6.20 Å². The minimum absolute atomic E-state index is 0.131. The molecule has 0 unspecified atom stereocenters. The van der Waals surface area contributed by atoms with Crippen LogP contribution in [0.15, 0.2) is 22.8 Å². The lowest BCUT2D eigenvalue weighted by Gasteiger charge is -2.25. The second kappa shape index (κ2) is 4.62. The lowest BCUT2D eigenvalue weighted by Crippen LogP contribution is -2.53. The van der Waals surface area contributed by atoms with Crippen LogP contribution < -0.4 is 5.32 Å². The van der Waals surface area contributed by atoms with Gasteiger partial charge in [0.05, 0.1) is 0 Å². The SMILES string of the molecule is O=C1CN(C(=O)c2ncccc2Br)CC(=O)N1. The van der Waals surface area contributed by atoms with Crippen LogP contribution in [0.1, 0.15) is 10.5 Å². The number of piperazine rings is 1. The third-order valence-electron chi connectivity index (χ3n) is 2.20. The van der Waals surface area contributed by atoms with Gasteiger partial charge in [0.15, 0.2) is 0 Å². The first kappa shape index (κ1) is 11.7. The highest BCUT2D eigenvalue weighted by atomic mass is 79.9. The van der Waals surface area contributed by atoms with Crippen LogP contribution in [0.2, 0.25) is 0 Å². The Bertz CT molecular complexity index is 487. The Morgan fingerprint density at radius 2 is 2.00 bits per heavy atom. The maximum atomic E-state index is 12.0. The van der Waals surface area contributed by atoms with Gasteiger partial charge in [-0.15, -0.1) is 0 Å². The van der Waals surface area contributed by atoms with Crippen LogP contribution in [-0.2, 0) is 9.59 Å². The van der Waals surface area contributed by atoms with E-state index in [2.05, 4.69) is 26.2 Å². The van der Waals surface area contributed by atoms with Gasteiger partial charge in [0.25, 0.3) is 5.91 Å². The summed E-state index contributed by atoms with van der Waals surface area (Å²) in [5.41, 5.74) is 0.190. The quantitative estimate of drug-likeness (QED) is 0.737. The predicted octanol–water partition coefficient (Wildman–Crippen LogP) is -0.0573. The minimum Gasteiger partial charge on any atom is -0.319 e. The van der Waals surface area contributed by atoms with Crippen molar-refractivity contribution in [2.75, 3.05) is 13.1 Å². The molecule has 1 aromatic rings. The van der Waals surface area contributed by atoms with E-state index in [4.69, 9.17) is 0 Å². The number of nitrogens with one attached hydrogen (secondary N) is 1. The van der Waals surface area contributed by atoms with Gasteiger partial charge in [-0.1, -0.05) is 0 Å². The molecule has 7 heteroatoms. The molecule has 3 amide bonds. The van der Waals surface area contributed by atoms with Crippen LogP contribution in [0.25, 0.3) is 0 Å². The van der Waals surface area contributed by atoms with Crippen molar-refractivity contribution in [2.45, 2.75) is 0 Å². The van der Waals surface area contributed by atoms with E-state index < -0.39 is 17.7 Å². The van der Waals surface area contributed by atoms with Crippen molar-refractivity contribution in [1.82, 2.24) is 15.2 Å². The third kappa shape index (κ3) is 2.50. The lowest BCUT2D eigenvalue weighted by atomic mass is 10.2. The number of carbonyl (C=O) groups excluding carboxylic acids is 3. The Morgan fingerprint density at radius 1 is 1.35 bits per heavy atom. The molecule has 0 aromatic carbocycles. The molecular formula is C10H8BrN3O3. The standard InChI is InChI=1S/C10H8BrN3O3/c11-6-2-1-3-12-9(6)10(17)14-4-7(15)13-8(16)5-14/h1-3H,4-5H2,(H,13,15,16). The number of nitrogens with zero attached hydrogens (tertiary/aromatic N) is 2. The van der Waals surface area contributed by atoms with Gasteiger partial charge in [0, 0.05) is 10.7 Å². The molecule has 0 spiro atoms. The fraction of sp³-hybridized carbons (Fsp3) is 0.200. The number of imide groups is 1. The average Bonchev–Trinajstić information content (AvgIpc) is 2.27. The summed E-state index contributed by atoms with van der Waals surface area (Å²) in [7, 11) is 0. The molecule has 1 aliphatic heterocycles. The van der Waals surface area contributed by atoms with Crippen molar-refractivity contribution < 1.29 is 14.4 Å². The van der Waals surface area contributed by atoms with E-state index in [1.54, 1.807) is 12.1 Å². The van der Waals surface area contributed by atoms with Crippen LogP contribution in [0.4, 0.5) is 0 Å². The number of rotatable bonds is 1. The van der Waals surface area contributed by atoms with Gasteiger partial charge < -0.3 is 4.90 Å². The largest absolute Gasteiger partial charge is 0.319 e. The zero-order valence-electron chi connectivity index (χ0n) is 8.64. The van der Waals surface area contributed by atoms with Crippen molar-refractivity contribution in [1.29, 1.82) is 0 Å². The molecule has 2 rings (SSSR count). The first-order valence-corrected chi connectivity index (χ1v) is 5.59. The number of carbonyl (C=O) groups is 3. The Morgan fingerprint density at radius 3 is 2.59 bits per heavy atom. The Kier molecular flexibility index (Phi) is 3.19. The van der Waals surface area contributed by atoms with E-state index >= 15 is 0 Å². The van der Waals surface area contributed by atoms with Gasteiger partial charge >= 0.3 is 0 Å². The number of hydrogen-bond acceptors (Lipinski definition) is 4. The van der Waals surface area contributed by atoms with Crippen molar-refractivity contribution in [3.05, 3.63) is 28.5 Å². The summed E-state index contributed by atoms with van der Waals surface area (Å²) in [6.07, 6.45) is 1.48. The molecule has 0 aliphatic carbocycles. The highest BCUT2D eigenvalue weighted by molar-refractivity contribution is 9.10. The summed E-state index contributed by atoms with van der Waals surface area (Å²) in [6.45, 7) is -0.263. The van der Waals surface area contributed by atoms with Crippen LogP contribution in [0.5, 0.6) is 0 Å². The fourth-order valence-corrected chi connectivity index (χ4v) is 1.90. The number of aromatic nitrogens is 1. The molecule has 1 saturated heterocycles. The average molecular weight is 298 g/mol. The minimum atomic E-state index is -0.485. The molecule has 0 radical (unpaired) electrons. The van der Waals surface area contributed by atoms with Crippen molar-refractivity contribution in [2.24, 2.45) is 0 Å². The molecule has 1 fully saturated rings. The Balaban J connectivity index is 2.23. The Labute approximate surface area is 105 Å². The monoisotopic (exact) mass is 297 g/mol. The zero-order valence-corrected chi connectivity index (χ0v) is 10.2. The van der Waals surface area contributed by atoms with Gasteiger partial charge in [0.2, 0.25) is 11.8 Å². The molecule has 1 aromatic heterocycles. The van der Waals surface area contributed by atoms with E-state index in [0.717, 1.165) is 4.90 Å². The van der Waals surface area contributed by atoms with E-state index in [0.29, 0.717) is 4.47 Å². The summed E-state index contributed by atoms with van der Waals surface area (Å²) in [5.74, 6) is -1.41. The highest BCUT2D eigenvalue weighted by Gasteiger charge is 2.28. The van der Waals surface area contributed by atoms with Crippen molar-refractivity contribution in [3.8, 4) is 0 Å². The maximum absolute atomic E-state index is 12.0. The molecule has 1 aliphatic rings. The number of halogens is 1. The second-order valence-electron chi connectivity index (χ2n) is 3.47. The van der Waals surface area contributed by atoms with Gasteiger partial charge in [0.1, 0.15) is 18.8 Å². The number of amides is 3. The maximum Gasteiger partial charge on any atom is 0.274 e. The number of hydrogen-bond donors (Lipinski definition) is 1. The normalized spacial score (nSPS) is 15.7. The van der Waals surface area contributed by atoms with Crippen molar-refractivity contribution >= 4 is 33.7 Å². The smallest absolute Gasteiger partial charge is 0.274 e. The fourth-order valence-electron chi connectivity index (χ4n) is 1.47. The molecule has 17 heavy (non-hydrogen) atoms. The third-order valence-corrected chi connectivity index (χ3v) is 2.84. The first-order valence-electron chi connectivity index (χ1n) is 4.80. The summed E-state index contributed by atoms with van der Waals surface area (Å²) in [5, 5.41) is 2.13. The summed E-state index contributed by atoms with van der Waals surface area (Å²) in [6, 6.07) is 3.35.